The molecule has 1 aromatic carbocycles. The van der Waals surface area contributed by atoms with Crippen LogP contribution in [0.1, 0.15) is 4.88 Å². The Bertz CT molecular complexity index is 755. The van der Waals surface area contributed by atoms with Gasteiger partial charge in [-0.15, -0.1) is 11.3 Å². The molecule has 3 rings (SSSR count). The number of aliphatic hydroxyl groups excluding tert-OH is 1. The third-order valence-electron chi connectivity index (χ3n) is 3.64. The average Bonchev–Trinajstić information content (AvgIpc) is 3.22. The van der Waals surface area contributed by atoms with Crippen molar-refractivity contribution in [3.63, 3.8) is 0 Å². The molecule has 0 saturated heterocycles. The SMILES string of the molecule is O=C(O)C(=O)O.OC(CNCC1COc2ccccc2O1)COCc1cccs1. The first-order valence-corrected chi connectivity index (χ1v) is 9.67. The van der Waals surface area contributed by atoms with E-state index >= 15 is 0 Å². The van der Waals surface area contributed by atoms with E-state index in [2.05, 4.69) is 5.32 Å². The molecule has 0 aliphatic carbocycles. The zero-order valence-electron chi connectivity index (χ0n) is 15.5. The van der Waals surface area contributed by atoms with Crippen LogP contribution in [0.4, 0.5) is 0 Å². The second kappa shape index (κ2) is 12.0. The largest absolute Gasteiger partial charge is 0.486 e. The molecule has 0 amide bonds. The number of carboxylic acids is 2. The van der Waals surface area contributed by atoms with Crippen LogP contribution in [0, 0.1) is 0 Å². The highest BCUT2D eigenvalue weighted by Gasteiger charge is 2.20. The number of thiophene rings is 1. The Balaban J connectivity index is 0.000000438. The molecule has 0 saturated carbocycles. The molecule has 1 aliphatic heterocycles. The van der Waals surface area contributed by atoms with Crippen molar-refractivity contribution in [1.29, 1.82) is 0 Å². The first-order valence-electron chi connectivity index (χ1n) is 8.79. The van der Waals surface area contributed by atoms with E-state index in [0.29, 0.717) is 32.9 Å². The average molecular weight is 425 g/mol. The van der Waals surface area contributed by atoms with Crippen molar-refractivity contribution in [3.8, 4) is 11.5 Å². The fourth-order valence-corrected chi connectivity index (χ4v) is 2.96. The zero-order valence-corrected chi connectivity index (χ0v) is 16.3. The highest BCUT2D eigenvalue weighted by Crippen LogP contribution is 2.30. The number of hydrogen-bond donors (Lipinski definition) is 4. The molecule has 1 aromatic heterocycles. The third-order valence-corrected chi connectivity index (χ3v) is 4.49. The summed E-state index contributed by atoms with van der Waals surface area (Å²) >= 11 is 1.65. The number of ether oxygens (including phenoxy) is 3. The Morgan fingerprint density at radius 2 is 1.90 bits per heavy atom. The molecule has 4 N–H and O–H groups in total. The molecule has 0 spiro atoms. The summed E-state index contributed by atoms with van der Waals surface area (Å²) in [5, 5.41) is 29.9. The van der Waals surface area contributed by atoms with Gasteiger partial charge in [-0.2, -0.15) is 0 Å². The Kier molecular flexibility index (Phi) is 9.38. The predicted molar refractivity (Wildman–Crippen MR) is 104 cm³/mol. The monoisotopic (exact) mass is 425 g/mol. The zero-order chi connectivity index (χ0) is 21.1. The molecule has 0 fully saturated rings. The lowest BCUT2D eigenvalue weighted by atomic mass is 10.2. The van der Waals surface area contributed by atoms with E-state index in [0.717, 1.165) is 16.4 Å². The number of hydrogen-bond acceptors (Lipinski definition) is 8. The molecule has 2 unspecified atom stereocenters. The van der Waals surface area contributed by atoms with E-state index in [-0.39, 0.29) is 6.10 Å². The number of carboxylic acid groups (broad SMARTS) is 2. The molecule has 2 heterocycles. The number of nitrogens with one attached hydrogen (secondary N) is 1. The van der Waals surface area contributed by atoms with Crippen LogP contribution in [0.2, 0.25) is 0 Å². The molecule has 0 bridgehead atoms. The molecule has 2 aromatic rings. The summed E-state index contributed by atoms with van der Waals surface area (Å²) in [5.74, 6) is -2.10. The Morgan fingerprint density at radius 1 is 1.17 bits per heavy atom. The molecule has 29 heavy (non-hydrogen) atoms. The van der Waals surface area contributed by atoms with Crippen LogP contribution in [-0.2, 0) is 20.9 Å². The molecule has 9 nitrogen and oxygen atoms in total. The lowest BCUT2D eigenvalue weighted by molar-refractivity contribution is -0.159. The molecule has 2 atom stereocenters. The number of aliphatic carboxylic acids is 2. The minimum absolute atomic E-state index is 0.0517. The standard InChI is InChI=1S/C17H21NO4S.C2H2O4/c19-13(10-20-12-15-4-3-7-23-15)8-18-9-14-11-21-16-5-1-2-6-17(16)22-14;3-1(4)2(5)6/h1-7,13-14,18-19H,8-12H2;(H,3,4)(H,5,6). The number of aliphatic hydroxyl groups is 1. The van der Waals surface area contributed by atoms with Gasteiger partial charge in [0.05, 0.1) is 19.3 Å². The smallest absolute Gasteiger partial charge is 0.414 e. The van der Waals surface area contributed by atoms with E-state index in [1.807, 2.05) is 41.8 Å². The van der Waals surface area contributed by atoms with Gasteiger partial charge in [0.2, 0.25) is 0 Å². The molecule has 1 aliphatic rings. The predicted octanol–water partition coefficient (Wildman–Crippen LogP) is 1.21. The van der Waals surface area contributed by atoms with Crippen molar-refractivity contribution in [2.45, 2.75) is 18.8 Å². The van der Waals surface area contributed by atoms with Gasteiger partial charge >= 0.3 is 11.9 Å². The lowest BCUT2D eigenvalue weighted by Gasteiger charge is -2.26. The maximum Gasteiger partial charge on any atom is 0.414 e. The quantitative estimate of drug-likeness (QED) is 0.460. The first-order chi connectivity index (χ1) is 14.0. The van der Waals surface area contributed by atoms with Crippen molar-refractivity contribution < 1.29 is 39.1 Å². The van der Waals surface area contributed by atoms with Crippen molar-refractivity contribution in [2.75, 3.05) is 26.3 Å². The maximum absolute atomic E-state index is 9.91. The summed E-state index contributed by atoms with van der Waals surface area (Å²) in [7, 11) is 0. The molecular weight excluding hydrogens is 402 g/mol. The van der Waals surface area contributed by atoms with E-state index in [1.54, 1.807) is 11.3 Å². The Morgan fingerprint density at radius 3 is 2.55 bits per heavy atom. The number of para-hydroxylation sites is 2. The minimum atomic E-state index is -1.82. The van der Waals surface area contributed by atoms with E-state index in [4.69, 9.17) is 34.0 Å². The van der Waals surface area contributed by atoms with Gasteiger partial charge in [0, 0.05) is 18.0 Å². The Hall–Kier alpha value is -2.66. The van der Waals surface area contributed by atoms with Gasteiger partial charge in [-0.05, 0) is 23.6 Å². The van der Waals surface area contributed by atoms with Crippen molar-refractivity contribution in [1.82, 2.24) is 5.32 Å². The van der Waals surface area contributed by atoms with E-state index in [1.165, 1.54) is 0 Å². The highest BCUT2D eigenvalue weighted by atomic mass is 32.1. The summed E-state index contributed by atoms with van der Waals surface area (Å²) in [6, 6.07) is 11.7. The topological polar surface area (TPSA) is 135 Å². The second-order valence-corrected chi connectivity index (χ2v) is 7.05. The van der Waals surface area contributed by atoms with Crippen molar-refractivity contribution >= 4 is 23.3 Å². The number of carbonyl (C=O) groups is 2. The first kappa shape index (κ1) is 22.6. The van der Waals surface area contributed by atoms with Crippen molar-refractivity contribution in [2.24, 2.45) is 0 Å². The Labute approximate surface area is 171 Å². The number of rotatable bonds is 8. The molecular formula is C19H23NO8S. The molecule has 158 valence electrons. The van der Waals surface area contributed by atoms with Crippen LogP contribution in [0.15, 0.2) is 41.8 Å². The second-order valence-electron chi connectivity index (χ2n) is 6.01. The van der Waals surface area contributed by atoms with Gasteiger partial charge in [0.15, 0.2) is 11.5 Å². The van der Waals surface area contributed by atoms with Crippen LogP contribution >= 0.6 is 11.3 Å². The highest BCUT2D eigenvalue weighted by molar-refractivity contribution is 7.09. The summed E-state index contributed by atoms with van der Waals surface area (Å²) < 4.78 is 17.0. The van der Waals surface area contributed by atoms with Crippen LogP contribution in [0.25, 0.3) is 0 Å². The summed E-state index contributed by atoms with van der Waals surface area (Å²) in [4.78, 5) is 19.4. The third kappa shape index (κ3) is 8.48. The van der Waals surface area contributed by atoms with Gasteiger partial charge < -0.3 is 34.8 Å². The van der Waals surface area contributed by atoms with Crippen LogP contribution < -0.4 is 14.8 Å². The van der Waals surface area contributed by atoms with E-state index in [9.17, 15) is 5.11 Å². The summed E-state index contributed by atoms with van der Waals surface area (Å²) in [6.07, 6.45) is -0.587. The fraction of sp³-hybridized carbons (Fsp3) is 0.368. The normalized spacial score (nSPS) is 15.7. The fourth-order valence-electron chi connectivity index (χ4n) is 2.32. The minimum Gasteiger partial charge on any atom is -0.486 e. The van der Waals surface area contributed by atoms with Crippen LogP contribution in [0.3, 0.4) is 0 Å². The number of fused-ring (bicyclic) bond motifs is 1. The van der Waals surface area contributed by atoms with E-state index < -0.39 is 18.0 Å². The van der Waals surface area contributed by atoms with Gasteiger partial charge in [-0.25, -0.2) is 9.59 Å². The van der Waals surface area contributed by atoms with Gasteiger partial charge in [-0.1, -0.05) is 18.2 Å². The van der Waals surface area contributed by atoms with Gasteiger partial charge in [-0.3, -0.25) is 0 Å². The summed E-state index contributed by atoms with van der Waals surface area (Å²) in [6.45, 7) is 2.46. The van der Waals surface area contributed by atoms with Crippen LogP contribution in [-0.4, -0.2) is 65.8 Å². The van der Waals surface area contributed by atoms with Gasteiger partial charge in [0.1, 0.15) is 12.7 Å². The van der Waals surface area contributed by atoms with Crippen molar-refractivity contribution in [3.05, 3.63) is 46.7 Å². The molecule has 10 heteroatoms. The summed E-state index contributed by atoms with van der Waals surface area (Å²) in [5.41, 5.74) is 0. The molecule has 0 radical (unpaired) electrons. The van der Waals surface area contributed by atoms with Gasteiger partial charge in [0.25, 0.3) is 0 Å². The maximum atomic E-state index is 9.91. The number of benzene rings is 1. The van der Waals surface area contributed by atoms with Crippen LogP contribution in [0.5, 0.6) is 11.5 Å². The lowest BCUT2D eigenvalue weighted by Crippen LogP contribution is -2.41.